The van der Waals surface area contributed by atoms with Gasteiger partial charge in [0, 0.05) is 87.4 Å². The molecule has 0 spiro atoms. The van der Waals surface area contributed by atoms with Gasteiger partial charge in [-0.25, -0.2) is 0 Å². The summed E-state index contributed by atoms with van der Waals surface area (Å²) < 4.78 is 12.5. The quantitative estimate of drug-likeness (QED) is 0.559. The van der Waals surface area contributed by atoms with Crippen LogP contribution >= 0.6 is 0 Å². The van der Waals surface area contributed by atoms with E-state index in [9.17, 15) is 5.26 Å². The van der Waals surface area contributed by atoms with E-state index in [0.717, 1.165) is 82.1 Å². The molecule has 198 valence electrons. The van der Waals surface area contributed by atoms with Crippen molar-refractivity contribution in [1.82, 2.24) is 15.2 Å². The third-order valence-corrected chi connectivity index (χ3v) is 7.92. The van der Waals surface area contributed by atoms with E-state index in [-0.39, 0.29) is 18.3 Å². The first kappa shape index (κ1) is 25.1. The maximum atomic E-state index is 9.53. The first-order chi connectivity index (χ1) is 18.7. The van der Waals surface area contributed by atoms with Crippen molar-refractivity contribution in [2.75, 3.05) is 75.3 Å². The average Bonchev–Trinajstić information content (AvgIpc) is 2.97. The van der Waals surface area contributed by atoms with Gasteiger partial charge in [-0.05, 0) is 37.3 Å². The number of pyridine rings is 1. The summed E-state index contributed by atoms with van der Waals surface area (Å²) in [5.74, 6) is 0. The van der Waals surface area contributed by atoms with Gasteiger partial charge in [-0.15, -0.1) is 0 Å². The zero-order chi connectivity index (χ0) is 25.9. The molecular weight excluding hydrogens is 476 g/mol. The summed E-state index contributed by atoms with van der Waals surface area (Å²) in [5, 5.41) is 14.0. The fraction of sp³-hybridized carbons (Fsp3) is 0.467. The van der Waals surface area contributed by atoms with E-state index in [2.05, 4.69) is 74.4 Å². The lowest BCUT2D eigenvalue weighted by Crippen LogP contribution is -2.54. The molecule has 0 aliphatic carbocycles. The molecule has 38 heavy (non-hydrogen) atoms. The van der Waals surface area contributed by atoms with E-state index in [4.69, 9.17) is 9.47 Å². The number of nitriles is 1. The Morgan fingerprint density at radius 3 is 2.68 bits per heavy atom. The van der Waals surface area contributed by atoms with Crippen LogP contribution in [0.2, 0.25) is 0 Å². The van der Waals surface area contributed by atoms with Crippen molar-refractivity contribution in [3.8, 4) is 6.07 Å². The molecule has 1 aromatic heterocycles. The van der Waals surface area contributed by atoms with Crippen molar-refractivity contribution in [3.05, 3.63) is 65.9 Å². The van der Waals surface area contributed by atoms with Crippen molar-refractivity contribution in [3.63, 3.8) is 0 Å². The van der Waals surface area contributed by atoms with Crippen LogP contribution < -0.4 is 15.1 Å². The van der Waals surface area contributed by atoms with Crippen LogP contribution in [-0.4, -0.2) is 87.6 Å². The van der Waals surface area contributed by atoms with Crippen LogP contribution in [0.5, 0.6) is 0 Å². The van der Waals surface area contributed by atoms with Crippen molar-refractivity contribution < 1.29 is 9.47 Å². The molecule has 0 amide bonds. The number of benzene rings is 2. The molecule has 3 aromatic rings. The Labute approximate surface area is 224 Å². The second-order valence-electron chi connectivity index (χ2n) is 10.5. The van der Waals surface area contributed by atoms with Crippen LogP contribution in [-0.2, 0) is 9.47 Å². The van der Waals surface area contributed by atoms with Crippen LogP contribution in [0.3, 0.4) is 0 Å². The third-order valence-electron chi connectivity index (χ3n) is 7.92. The van der Waals surface area contributed by atoms with Gasteiger partial charge < -0.3 is 24.6 Å². The summed E-state index contributed by atoms with van der Waals surface area (Å²) in [7, 11) is 0. The largest absolute Gasteiger partial charge is 0.371 e. The highest BCUT2D eigenvalue weighted by Gasteiger charge is 2.30. The first-order valence-electron chi connectivity index (χ1n) is 13.8. The molecule has 3 saturated heterocycles. The van der Waals surface area contributed by atoms with Gasteiger partial charge in [0.1, 0.15) is 6.07 Å². The number of morpholine rings is 2. The van der Waals surface area contributed by atoms with Gasteiger partial charge in [0.05, 0.1) is 36.0 Å². The van der Waals surface area contributed by atoms with Gasteiger partial charge in [-0.1, -0.05) is 18.2 Å². The van der Waals surface area contributed by atoms with Crippen LogP contribution in [0.25, 0.3) is 10.9 Å². The van der Waals surface area contributed by atoms with Crippen molar-refractivity contribution in [2.24, 2.45) is 0 Å². The van der Waals surface area contributed by atoms with Crippen LogP contribution in [0.4, 0.5) is 11.4 Å². The number of nitrogens with one attached hydrogen (secondary N) is 1. The van der Waals surface area contributed by atoms with Crippen molar-refractivity contribution in [2.45, 2.75) is 25.2 Å². The highest BCUT2D eigenvalue weighted by atomic mass is 16.5. The lowest BCUT2D eigenvalue weighted by molar-refractivity contribution is -0.0327. The lowest BCUT2D eigenvalue weighted by atomic mass is 10.0. The highest BCUT2D eigenvalue weighted by Crippen LogP contribution is 2.32. The molecule has 3 aliphatic heterocycles. The molecule has 3 aliphatic rings. The van der Waals surface area contributed by atoms with Crippen LogP contribution in [0.15, 0.2) is 54.7 Å². The number of aromatic nitrogens is 1. The van der Waals surface area contributed by atoms with E-state index < -0.39 is 0 Å². The normalized spacial score (nSPS) is 24.9. The van der Waals surface area contributed by atoms with Crippen LogP contribution in [0.1, 0.15) is 24.2 Å². The van der Waals surface area contributed by atoms with Gasteiger partial charge >= 0.3 is 0 Å². The minimum Gasteiger partial charge on any atom is -0.371 e. The maximum absolute atomic E-state index is 9.53. The van der Waals surface area contributed by atoms with E-state index in [1.165, 1.54) is 11.3 Å². The summed E-state index contributed by atoms with van der Waals surface area (Å²) in [5.41, 5.74) is 5.11. The fourth-order valence-corrected chi connectivity index (χ4v) is 6.14. The number of hydrogen-bond donors (Lipinski definition) is 1. The molecule has 2 aromatic carbocycles. The predicted octanol–water partition coefficient (Wildman–Crippen LogP) is 3.18. The molecule has 6 rings (SSSR count). The van der Waals surface area contributed by atoms with E-state index >= 15 is 0 Å². The lowest BCUT2D eigenvalue weighted by Gasteiger charge is -2.43. The van der Waals surface area contributed by atoms with Gasteiger partial charge in [-0.3, -0.25) is 9.88 Å². The number of para-hydroxylation sites is 1. The number of ether oxygens (including phenoxy) is 2. The maximum Gasteiger partial charge on any atom is 0.101 e. The van der Waals surface area contributed by atoms with Gasteiger partial charge in [0.15, 0.2) is 0 Å². The number of fused-ring (bicyclic) bond motifs is 1. The number of rotatable bonds is 5. The standard InChI is InChI=1S/C30H36N6O2/c1-22-19-36(28-9-8-23(17-31)30-26(28)6-4-10-33-30)21-24(38-22)20-34-12-14-35(15-13-34)27-7-3-2-5-25(27)29-18-32-11-16-37-29/h2-10,22,24,29,32H,11-16,18-21H2,1H3/t22-,24+,29?/m1/s1. The second kappa shape index (κ2) is 11.3. The number of piperazine rings is 1. The molecule has 3 fully saturated rings. The van der Waals surface area contributed by atoms with Gasteiger partial charge in [-0.2, -0.15) is 5.26 Å². The minimum absolute atomic E-state index is 0.120. The number of nitrogens with zero attached hydrogens (tertiary/aromatic N) is 5. The number of anilines is 2. The Balaban J connectivity index is 1.11. The summed E-state index contributed by atoms with van der Waals surface area (Å²) in [6.07, 6.45) is 2.14. The molecule has 1 N–H and O–H groups in total. The first-order valence-corrected chi connectivity index (χ1v) is 13.8. The molecule has 0 saturated carbocycles. The zero-order valence-electron chi connectivity index (χ0n) is 22.1. The molecule has 8 nitrogen and oxygen atoms in total. The van der Waals surface area contributed by atoms with E-state index in [1.807, 2.05) is 12.1 Å². The Morgan fingerprint density at radius 2 is 1.87 bits per heavy atom. The van der Waals surface area contributed by atoms with E-state index in [0.29, 0.717) is 5.56 Å². The summed E-state index contributed by atoms with van der Waals surface area (Å²) in [4.78, 5) is 12.0. The van der Waals surface area contributed by atoms with Crippen molar-refractivity contribution in [1.29, 1.82) is 5.26 Å². The molecular formula is C30H36N6O2. The highest BCUT2D eigenvalue weighted by molar-refractivity contribution is 5.95. The van der Waals surface area contributed by atoms with Gasteiger partial charge in [0.2, 0.25) is 0 Å². The third kappa shape index (κ3) is 5.20. The van der Waals surface area contributed by atoms with Gasteiger partial charge in [0.25, 0.3) is 0 Å². The molecule has 8 heteroatoms. The Hall–Kier alpha value is -3.22. The molecule has 0 bridgehead atoms. The van der Waals surface area contributed by atoms with Crippen LogP contribution in [0, 0.1) is 11.3 Å². The Bertz CT molecular complexity index is 1300. The zero-order valence-corrected chi connectivity index (χ0v) is 22.1. The SMILES string of the molecule is C[C@@H]1CN(c2ccc(C#N)c3ncccc23)C[C@H](CN2CCN(c3ccccc3C3CNCCO3)CC2)O1. The Morgan fingerprint density at radius 1 is 1.00 bits per heavy atom. The van der Waals surface area contributed by atoms with Crippen molar-refractivity contribution >= 4 is 22.3 Å². The summed E-state index contributed by atoms with van der Waals surface area (Å²) in [6.45, 7) is 11.3. The minimum atomic E-state index is 0.120. The Kier molecular flexibility index (Phi) is 7.43. The fourth-order valence-electron chi connectivity index (χ4n) is 6.14. The molecule has 1 unspecified atom stereocenters. The molecule has 3 atom stereocenters. The molecule has 0 radical (unpaired) electrons. The number of hydrogen-bond acceptors (Lipinski definition) is 8. The average molecular weight is 513 g/mol. The molecule has 4 heterocycles. The monoisotopic (exact) mass is 512 g/mol. The second-order valence-corrected chi connectivity index (χ2v) is 10.5. The smallest absolute Gasteiger partial charge is 0.101 e. The van der Waals surface area contributed by atoms with E-state index in [1.54, 1.807) is 6.20 Å². The predicted molar refractivity (Wildman–Crippen MR) is 150 cm³/mol. The summed E-state index contributed by atoms with van der Waals surface area (Å²) in [6, 6.07) is 19.0. The summed E-state index contributed by atoms with van der Waals surface area (Å²) >= 11 is 0. The topological polar surface area (TPSA) is 76.9 Å².